The molecule has 1 heterocycles. The molecule has 1 aromatic heterocycles. The standard InChI is InChI=1S/C15H12ClN3O2/c1-20-13-8-2-10(3-9-13)14-18-15(21-19-14)17-12-6-4-11(16)5-7-12/h2-9H,1H3,(H,17,18,19). The number of benzene rings is 2. The molecule has 0 amide bonds. The first kappa shape index (κ1) is 13.5. The van der Waals surface area contributed by atoms with Gasteiger partial charge in [0, 0.05) is 16.3 Å². The van der Waals surface area contributed by atoms with Gasteiger partial charge >= 0.3 is 6.01 Å². The molecule has 6 heteroatoms. The van der Waals surface area contributed by atoms with Crippen LogP contribution < -0.4 is 10.1 Å². The number of hydrogen-bond donors (Lipinski definition) is 1. The van der Waals surface area contributed by atoms with Crippen molar-refractivity contribution in [3.05, 3.63) is 53.6 Å². The monoisotopic (exact) mass is 301 g/mol. The van der Waals surface area contributed by atoms with Crippen LogP contribution >= 0.6 is 11.6 Å². The van der Waals surface area contributed by atoms with E-state index in [-0.39, 0.29) is 0 Å². The van der Waals surface area contributed by atoms with Gasteiger partial charge in [0.1, 0.15) is 5.75 Å². The number of nitrogens with one attached hydrogen (secondary N) is 1. The van der Waals surface area contributed by atoms with Gasteiger partial charge in [0.15, 0.2) is 0 Å². The van der Waals surface area contributed by atoms with Gasteiger partial charge < -0.3 is 14.6 Å². The van der Waals surface area contributed by atoms with Gasteiger partial charge in [-0.25, -0.2) is 0 Å². The van der Waals surface area contributed by atoms with Crippen molar-refractivity contribution >= 4 is 23.3 Å². The zero-order chi connectivity index (χ0) is 14.7. The van der Waals surface area contributed by atoms with E-state index in [1.54, 1.807) is 19.2 Å². The third kappa shape index (κ3) is 3.14. The zero-order valence-electron chi connectivity index (χ0n) is 11.2. The van der Waals surface area contributed by atoms with Crippen LogP contribution in [0, 0.1) is 0 Å². The molecule has 21 heavy (non-hydrogen) atoms. The number of hydrogen-bond acceptors (Lipinski definition) is 5. The molecule has 5 nitrogen and oxygen atoms in total. The Hall–Kier alpha value is -2.53. The van der Waals surface area contributed by atoms with Crippen molar-refractivity contribution in [3.8, 4) is 17.1 Å². The fourth-order valence-electron chi connectivity index (χ4n) is 1.79. The van der Waals surface area contributed by atoms with Crippen LogP contribution in [-0.4, -0.2) is 17.3 Å². The van der Waals surface area contributed by atoms with Crippen LogP contribution in [0.4, 0.5) is 11.7 Å². The highest BCUT2D eigenvalue weighted by molar-refractivity contribution is 6.30. The van der Waals surface area contributed by atoms with Crippen LogP contribution in [-0.2, 0) is 0 Å². The van der Waals surface area contributed by atoms with Crippen molar-refractivity contribution in [2.75, 3.05) is 12.4 Å². The molecule has 0 spiro atoms. The van der Waals surface area contributed by atoms with Gasteiger partial charge in [-0.3, -0.25) is 0 Å². The molecule has 0 saturated carbocycles. The number of rotatable bonds is 4. The summed E-state index contributed by atoms with van der Waals surface area (Å²) < 4.78 is 10.3. The Balaban J connectivity index is 1.77. The number of anilines is 2. The van der Waals surface area contributed by atoms with Crippen molar-refractivity contribution in [2.45, 2.75) is 0 Å². The van der Waals surface area contributed by atoms with Gasteiger partial charge in [0.2, 0.25) is 5.82 Å². The first-order valence-corrected chi connectivity index (χ1v) is 6.63. The molecule has 0 aliphatic rings. The second kappa shape index (κ2) is 5.85. The molecule has 0 fully saturated rings. The molecule has 3 rings (SSSR count). The maximum Gasteiger partial charge on any atom is 0.326 e. The fraction of sp³-hybridized carbons (Fsp3) is 0.0667. The predicted molar refractivity (Wildman–Crippen MR) is 81.0 cm³/mol. The summed E-state index contributed by atoms with van der Waals surface area (Å²) in [5.41, 5.74) is 1.67. The highest BCUT2D eigenvalue weighted by Crippen LogP contribution is 2.23. The minimum Gasteiger partial charge on any atom is -0.497 e. The maximum atomic E-state index is 5.83. The Morgan fingerprint density at radius 3 is 2.43 bits per heavy atom. The molecule has 0 unspecified atom stereocenters. The lowest BCUT2D eigenvalue weighted by molar-refractivity contribution is 0.415. The second-order valence-corrected chi connectivity index (χ2v) is 4.72. The average Bonchev–Trinajstić information content (AvgIpc) is 2.98. The van der Waals surface area contributed by atoms with Crippen molar-refractivity contribution in [1.29, 1.82) is 0 Å². The smallest absolute Gasteiger partial charge is 0.326 e. The number of halogens is 1. The predicted octanol–water partition coefficient (Wildman–Crippen LogP) is 4.14. The first-order valence-electron chi connectivity index (χ1n) is 6.25. The molecule has 1 N–H and O–H groups in total. The summed E-state index contributed by atoms with van der Waals surface area (Å²) in [4.78, 5) is 4.29. The van der Waals surface area contributed by atoms with Crippen molar-refractivity contribution in [2.24, 2.45) is 0 Å². The van der Waals surface area contributed by atoms with E-state index in [4.69, 9.17) is 20.9 Å². The summed E-state index contributed by atoms with van der Waals surface area (Å²) in [6.07, 6.45) is 0. The molecule has 0 saturated heterocycles. The summed E-state index contributed by atoms with van der Waals surface area (Å²) >= 11 is 5.83. The summed E-state index contributed by atoms with van der Waals surface area (Å²) in [5.74, 6) is 1.29. The van der Waals surface area contributed by atoms with Crippen LogP contribution in [0.2, 0.25) is 5.02 Å². The van der Waals surface area contributed by atoms with E-state index < -0.39 is 0 Å². The van der Waals surface area contributed by atoms with Crippen LogP contribution in [0.15, 0.2) is 53.1 Å². The number of ether oxygens (including phenoxy) is 1. The van der Waals surface area contributed by atoms with E-state index >= 15 is 0 Å². The lowest BCUT2D eigenvalue weighted by atomic mass is 10.2. The molecule has 0 aliphatic carbocycles. The van der Waals surface area contributed by atoms with E-state index in [0.29, 0.717) is 16.9 Å². The van der Waals surface area contributed by atoms with E-state index in [1.165, 1.54) is 0 Å². The largest absolute Gasteiger partial charge is 0.497 e. The Morgan fingerprint density at radius 1 is 1.05 bits per heavy atom. The quantitative estimate of drug-likeness (QED) is 0.784. The third-order valence-electron chi connectivity index (χ3n) is 2.87. The fourth-order valence-corrected chi connectivity index (χ4v) is 1.91. The molecule has 2 aromatic carbocycles. The molecule has 3 aromatic rings. The van der Waals surface area contributed by atoms with Crippen LogP contribution in [0.25, 0.3) is 11.4 Å². The van der Waals surface area contributed by atoms with Gasteiger partial charge in [-0.1, -0.05) is 16.8 Å². The first-order chi connectivity index (χ1) is 10.2. The van der Waals surface area contributed by atoms with Crippen molar-refractivity contribution < 1.29 is 9.26 Å². The average molecular weight is 302 g/mol. The topological polar surface area (TPSA) is 60.2 Å². The summed E-state index contributed by atoms with van der Waals surface area (Å²) in [5, 5.41) is 7.63. The Kier molecular flexibility index (Phi) is 3.75. The van der Waals surface area contributed by atoms with Crippen LogP contribution in [0.3, 0.4) is 0 Å². The number of aromatic nitrogens is 2. The van der Waals surface area contributed by atoms with Gasteiger partial charge in [0.25, 0.3) is 0 Å². The maximum absolute atomic E-state index is 5.83. The van der Waals surface area contributed by atoms with Crippen LogP contribution in [0.5, 0.6) is 5.75 Å². The number of methoxy groups -OCH3 is 1. The van der Waals surface area contributed by atoms with Gasteiger partial charge in [-0.15, -0.1) is 0 Å². The summed E-state index contributed by atoms with van der Waals surface area (Å²) in [6, 6.07) is 15.0. The molecule has 106 valence electrons. The summed E-state index contributed by atoms with van der Waals surface area (Å²) in [6.45, 7) is 0. The van der Waals surface area contributed by atoms with Gasteiger partial charge in [-0.2, -0.15) is 4.98 Å². The van der Waals surface area contributed by atoms with Gasteiger partial charge in [-0.05, 0) is 48.5 Å². The Labute approximate surface area is 126 Å². The Morgan fingerprint density at radius 2 is 1.76 bits per heavy atom. The van der Waals surface area contributed by atoms with E-state index in [2.05, 4.69) is 15.5 Å². The lowest BCUT2D eigenvalue weighted by Gasteiger charge is -2.00. The van der Waals surface area contributed by atoms with E-state index in [0.717, 1.165) is 17.0 Å². The Bertz CT molecular complexity index is 723. The lowest BCUT2D eigenvalue weighted by Crippen LogP contribution is -1.90. The molecule has 0 atom stereocenters. The summed E-state index contributed by atoms with van der Waals surface area (Å²) in [7, 11) is 1.62. The molecule has 0 radical (unpaired) electrons. The third-order valence-corrected chi connectivity index (χ3v) is 3.12. The van der Waals surface area contributed by atoms with Crippen LogP contribution in [0.1, 0.15) is 0 Å². The highest BCUT2D eigenvalue weighted by atomic mass is 35.5. The minimum absolute atomic E-state index is 0.322. The van der Waals surface area contributed by atoms with E-state index in [9.17, 15) is 0 Å². The van der Waals surface area contributed by atoms with Gasteiger partial charge in [0.05, 0.1) is 7.11 Å². The number of nitrogens with zero attached hydrogens (tertiary/aromatic N) is 2. The molecule has 0 bridgehead atoms. The molecule has 0 aliphatic heterocycles. The molecular weight excluding hydrogens is 290 g/mol. The minimum atomic E-state index is 0.322. The van der Waals surface area contributed by atoms with Crippen molar-refractivity contribution in [3.63, 3.8) is 0 Å². The van der Waals surface area contributed by atoms with Crippen molar-refractivity contribution in [1.82, 2.24) is 10.1 Å². The highest BCUT2D eigenvalue weighted by Gasteiger charge is 2.08. The SMILES string of the molecule is COc1ccc(-c2noc(Nc3ccc(Cl)cc3)n2)cc1. The van der Waals surface area contributed by atoms with E-state index in [1.807, 2.05) is 36.4 Å². The normalized spacial score (nSPS) is 10.4. The zero-order valence-corrected chi connectivity index (χ0v) is 12.0. The molecular formula is C15H12ClN3O2. The second-order valence-electron chi connectivity index (χ2n) is 4.28.